The monoisotopic (exact) mass is 534 g/mol. The van der Waals surface area contributed by atoms with Gasteiger partial charge in [-0.05, 0) is 36.8 Å². The molecule has 0 atom stereocenters. The standard InChI is InChI=1S/C28H34N6O5/c1-21-18-24(39-31-21)8-9-32-10-12-34(13-11-32)28(36)38-25-6-7-26(29-19-25)30-27(35)23-4-2-22(3-5-23)20-33-14-16-37-17-15-33/h2-7,18-19H,8-17,20H2,1H3,(H,29,30,35). The molecule has 0 bridgehead atoms. The molecule has 3 aromatic rings. The van der Waals surface area contributed by atoms with Crippen molar-refractivity contribution < 1.29 is 23.6 Å². The number of pyridine rings is 1. The number of carbonyl (C=O) groups excluding carboxylic acids is 2. The second-order valence-corrected chi connectivity index (χ2v) is 9.80. The Kier molecular flexibility index (Phi) is 8.82. The number of aromatic nitrogens is 2. The van der Waals surface area contributed by atoms with Crippen LogP contribution >= 0.6 is 0 Å². The number of piperazine rings is 1. The van der Waals surface area contributed by atoms with Crippen molar-refractivity contribution in [3.63, 3.8) is 0 Å². The molecule has 11 nitrogen and oxygen atoms in total. The van der Waals surface area contributed by atoms with Gasteiger partial charge in [-0.25, -0.2) is 9.78 Å². The third-order valence-corrected chi connectivity index (χ3v) is 6.89. The summed E-state index contributed by atoms with van der Waals surface area (Å²) in [6.45, 7) is 9.65. The first kappa shape index (κ1) is 26.8. The molecule has 0 aliphatic carbocycles. The molecule has 2 aliphatic heterocycles. The van der Waals surface area contributed by atoms with Crippen LogP contribution in [-0.4, -0.2) is 95.9 Å². The molecular formula is C28H34N6O5. The highest BCUT2D eigenvalue weighted by molar-refractivity contribution is 6.03. The molecule has 11 heteroatoms. The molecule has 2 fully saturated rings. The molecule has 1 aromatic carbocycles. The predicted molar refractivity (Wildman–Crippen MR) is 144 cm³/mol. The summed E-state index contributed by atoms with van der Waals surface area (Å²) in [4.78, 5) is 35.8. The summed E-state index contributed by atoms with van der Waals surface area (Å²) in [5.74, 6) is 1.33. The fourth-order valence-corrected chi connectivity index (χ4v) is 4.60. The zero-order chi connectivity index (χ0) is 27.0. The molecule has 206 valence electrons. The molecule has 2 amide bonds. The van der Waals surface area contributed by atoms with Crippen molar-refractivity contribution in [2.75, 3.05) is 64.3 Å². The van der Waals surface area contributed by atoms with E-state index < -0.39 is 6.09 Å². The minimum atomic E-state index is -0.406. The van der Waals surface area contributed by atoms with Crippen LogP contribution in [0.3, 0.4) is 0 Å². The van der Waals surface area contributed by atoms with E-state index in [0.29, 0.717) is 30.2 Å². The Bertz CT molecular complexity index is 1230. The number of rotatable bonds is 8. The Morgan fingerprint density at radius 3 is 2.41 bits per heavy atom. The third-order valence-electron chi connectivity index (χ3n) is 6.89. The van der Waals surface area contributed by atoms with E-state index in [-0.39, 0.29) is 5.91 Å². The van der Waals surface area contributed by atoms with Crippen molar-refractivity contribution in [1.29, 1.82) is 0 Å². The van der Waals surface area contributed by atoms with E-state index in [4.69, 9.17) is 14.0 Å². The Morgan fingerprint density at radius 1 is 0.974 bits per heavy atom. The number of benzene rings is 1. The summed E-state index contributed by atoms with van der Waals surface area (Å²) in [6.07, 6.45) is 1.82. The number of ether oxygens (including phenoxy) is 2. The molecular weight excluding hydrogens is 500 g/mol. The molecule has 0 saturated carbocycles. The van der Waals surface area contributed by atoms with Crippen LogP contribution in [0.25, 0.3) is 0 Å². The average Bonchev–Trinajstić information content (AvgIpc) is 3.39. The Labute approximate surface area is 227 Å². The fraction of sp³-hybridized carbons (Fsp3) is 0.429. The van der Waals surface area contributed by atoms with Crippen molar-refractivity contribution in [2.24, 2.45) is 0 Å². The van der Waals surface area contributed by atoms with E-state index in [1.165, 1.54) is 6.20 Å². The second-order valence-electron chi connectivity index (χ2n) is 9.80. The first-order valence-corrected chi connectivity index (χ1v) is 13.3. The number of amides is 2. The van der Waals surface area contributed by atoms with Gasteiger partial charge in [0.15, 0.2) is 5.75 Å². The maximum absolute atomic E-state index is 12.7. The first-order valence-electron chi connectivity index (χ1n) is 13.3. The summed E-state index contributed by atoms with van der Waals surface area (Å²) in [5, 5.41) is 6.70. The van der Waals surface area contributed by atoms with Crippen molar-refractivity contribution in [3.05, 3.63) is 71.2 Å². The minimum Gasteiger partial charge on any atom is -0.409 e. The number of aryl methyl sites for hydroxylation is 1. The average molecular weight is 535 g/mol. The highest BCUT2D eigenvalue weighted by Gasteiger charge is 2.23. The zero-order valence-electron chi connectivity index (χ0n) is 22.2. The number of nitrogens with zero attached hydrogens (tertiary/aromatic N) is 5. The third kappa shape index (κ3) is 7.62. The molecule has 2 aromatic heterocycles. The number of anilines is 1. The molecule has 39 heavy (non-hydrogen) atoms. The smallest absolute Gasteiger partial charge is 0.409 e. The van der Waals surface area contributed by atoms with Gasteiger partial charge < -0.3 is 24.2 Å². The maximum atomic E-state index is 12.7. The van der Waals surface area contributed by atoms with Gasteiger partial charge in [0.25, 0.3) is 5.91 Å². The second kappa shape index (κ2) is 12.8. The molecule has 4 heterocycles. The summed E-state index contributed by atoms with van der Waals surface area (Å²) < 4.78 is 16.2. The highest BCUT2D eigenvalue weighted by Crippen LogP contribution is 2.16. The fourth-order valence-electron chi connectivity index (χ4n) is 4.60. The summed E-state index contributed by atoms with van der Waals surface area (Å²) >= 11 is 0. The van der Waals surface area contributed by atoms with E-state index >= 15 is 0 Å². The van der Waals surface area contributed by atoms with Crippen LogP contribution < -0.4 is 10.1 Å². The number of morpholine rings is 1. The number of carbonyl (C=O) groups is 2. The molecule has 1 N–H and O–H groups in total. The van der Waals surface area contributed by atoms with E-state index in [0.717, 1.165) is 75.9 Å². The van der Waals surface area contributed by atoms with Crippen LogP contribution in [0, 0.1) is 6.92 Å². The van der Waals surface area contributed by atoms with Gasteiger partial charge in [-0.1, -0.05) is 17.3 Å². The predicted octanol–water partition coefficient (Wildman–Crippen LogP) is 2.82. The summed E-state index contributed by atoms with van der Waals surface area (Å²) in [6, 6.07) is 12.8. The quantitative estimate of drug-likeness (QED) is 0.466. The maximum Gasteiger partial charge on any atom is 0.415 e. The van der Waals surface area contributed by atoms with Gasteiger partial charge in [0.1, 0.15) is 11.6 Å². The van der Waals surface area contributed by atoms with Gasteiger partial charge in [-0.2, -0.15) is 0 Å². The van der Waals surface area contributed by atoms with Crippen molar-refractivity contribution in [2.45, 2.75) is 19.9 Å². The van der Waals surface area contributed by atoms with Crippen LogP contribution in [0.4, 0.5) is 10.6 Å². The van der Waals surface area contributed by atoms with Gasteiger partial charge in [0.2, 0.25) is 0 Å². The highest BCUT2D eigenvalue weighted by atomic mass is 16.6. The van der Waals surface area contributed by atoms with E-state index in [2.05, 4.69) is 25.3 Å². The van der Waals surface area contributed by atoms with Crippen molar-refractivity contribution >= 4 is 17.8 Å². The van der Waals surface area contributed by atoms with E-state index in [9.17, 15) is 9.59 Å². The molecule has 5 rings (SSSR count). The first-order chi connectivity index (χ1) is 19.0. The number of nitrogens with one attached hydrogen (secondary N) is 1. The minimum absolute atomic E-state index is 0.249. The van der Waals surface area contributed by atoms with E-state index in [1.807, 2.05) is 37.3 Å². The van der Waals surface area contributed by atoms with Gasteiger partial charge in [0, 0.05) is 70.4 Å². The normalized spacial score (nSPS) is 16.7. The topological polar surface area (TPSA) is 113 Å². The Hall–Kier alpha value is -3.80. The molecule has 2 aliphatic rings. The number of hydrogen-bond acceptors (Lipinski definition) is 9. The van der Waals surface area contributed by atoms with Crippen molar-refractivity contribution in [3.8, 4) is 5.75 Å². The lowest BCUT2D eigenvalue weighted by Crippen LogP contribution is -2.49. The van der Waals surface area contributed by atoms with Crippen LogP contribution in [0.2, 0.25) is 0 Å². The largest absolute Gasteiger partial charge is 0.415 e. The molecule has 2 saturated heterocycles. The lowest BCUT2D eigenvalue weighted by molar-refractivity contribution is 0.0342. The zero-order valence-corrected chi connectivity index (χ0v) is 22.2. The SMILES string of the molecule is Cc1cc(CCN2CCN(C(=O)Oc3ccc(NC(=O)c4ccc(CN5CCOCC5)cc4)nc3)CC2)on1. The summed E-state index contributed by atoms with van der Waals surface area (Å²) in [5.41, 5.74) is 2.58. The molecule has 0 radical (unpaired) electrons. The van der Waals surface area contributed by atoms with Crippen LogP contribution in [0.5, 0.6) is 5.75 Å². The van der Waals surface area contributed by atoms with Gasteiger partial charge >= 0.3 is 6.09 Å². The Morgan fingerprint density at radius 2 is 1.74 bits per heavy atom. The van der Waals surface area contributed by atoms with Crippen LogP contribution in [-0.2, 0) is 17.7 Å². The number of hydrogen-bond donors (Lipinski definition) is 1. The van der Waals surface area contributed by atoms with Gasteiger partial charge in [-0.3, -0.25) is 14.6 Å². The van der Waals surface area contributed by atoms with Gasteiger partial charge in [-0.15, -0.1) is 0 Å². The summed E-state index contributed by atoms with van der Waals surface area (Å²) in [7, 11) is 0. The lowest BCUT2D eigenvalue weighted by atomic mass is 10.1. The Balaban J connectivity index is 1.04. The molecule has 0 unspecified atom stereocenters. The van der Waals surface area contributed by atoms with Crippen LogP contribution in [0.15, 0.2) is 53.2 Å². The van der Waals surface area contributed by atoms with Gasteiger partial charge in [0.05, 0.1) is 25.1 Å². The van der Waals surface area contributed by atoms with Crippen molar-refractivity contribution in [1.82, 2.24) is 24.8 Å². The molecule has 0 spiro atoms. The lowest BCUT2D eigenvalue weighted by Gasteiger charge is -2.33. The van der Waals surface area contributed by atoms with Crippen LogP contribution in [0.1, 0.15) is 27.4 Å². The van der Waals surface area contributed by atoms with E-state index in [1.54, 1.807) is 17.0 Å².